The molecule has 7 heteroatoms. The molecule has 1 aliphatic rings. The molecule has 1 aliphatic heterocycles. The number of aromatic nitrogens is 1. The van der Waals surface area contributed by atoms with Crippen LogP contribution in [0.25, 0.3) is 10.8 Å². The van der Waals surface area contributed by atoms with Crippen molar-refractivity contribution in [3.8, 4) is 0 Å². The average molecular weight is 450 g/mol. The molecule has 3 aromatic rings. The number of carbonyl (C=O) groups is 2. The van der Waals surface area contributed by atoms with E-state index >= 15 is 0 Å². The van der Waals surface area contributed by atoms with E-state index in [-0.39, 0.29) is 17.5 Å². The minimum Gasteiger partial charge on any atom is -0.381 e. The highest BCUT2D eigenvalue weighted by atomic mass is 32.2. The minimum absolute atomic E-state index is 0.230. The van der Waals surface area contributed by atoms with Crippen LogP contribution in [0.4, 0.5) is 5.69 Å². The van der Waals surface area contributed by atoms with Crippen molar-refractivity contribution in [2.45, 2.75) is 24.8 Å². The zero-order valence-corrected chi connectivity index (χ0v) is 19.1. The monoisotopic (exact) mass is 449 g/mol. The second kappa shape index (κ2) is 10.1. The lowest BCUT2D eigenvalue weighted by Gasteiger charge is -2.22. The predicted molar refractivity (Wildman–Crippen MR) is 129 cm³/mol. The zero-order valence-electron chi connectivity index (χ0n) is 18.3. The third-order valence-corrected chi connectivity index (χ3v) is 6.47. The molecular formula is C25H27N3O3S. The van der Waals surface area contributed by atoms with Crippen LogP contribution in [0.3, 0.4) is 0 Å². The summed E-state index contributed by atoms with van der Waals surface area (Å²) in [6.45, 7) is 4.05. The summed E-state index contributed by atoms with van der Waals surface area (Å²) < 4.78 is 5.39. The number of ether oxygens (including phenoxy) is 1. The van der Waals surface area contributed by atoms with Gasteiger partial charge in [-0.25, -0.2) is 4.98 Å². The van der Waals surface area contributed by atoms with Gasteiger partial charge in [-0.05, 0) is 66.5 Å². The smallest absolute Gasteiger partial charge is 0.272 e. The number of pyridine rings is 1. The fraction of sp³-hybridized carbons (Fsp3) is 0.320. The normalized spacial score (nSPS) is 14.3. The first-order chi connectivity index (χ1) is 15.6. The first-order valence-corrected chi connectivity index (χ1v) is 12.0. The van der Waals surface area contributed by atoms with E-state index in [1.54, 1.807) is 6.07 Å². The Bertz CT molecular complexity index is 1140. The molecule has 2 heterocycles. The topological polar surface area (TPSA) is 80.3 Å². The SMILES string of the molecule is CSc1ccc(NC(=O)c2ccc(C)c3ccccc23)c(C(=O)NCC2CCOCC2)n1. The Morgan fingerprint density at radius 2 is 1.78 bits per heavy atom. The fourth-order valence-electron chi connectivity index (χ4n) is 3.94. The van der Waals surface area contributed by atoms with Gasteiger partial charge in [0.15, 0.2) is 5.69 Å². The maximum Gasteiger partial charge on any atom is 0.272 e. The summed E-state index contributed by atoms with van der Waals surface area (Å²) in [6, 6.07) is 15.1. The van der Waals surface area contributed by atoms with Crippen LogP contribution in [0.1, 0.15) is 39.3 Å². The molecule has 0 saturated carbocycles. The summed E-state index contributed by atoms with van der Waals surface area (Å²) in [7, 11) is 0. The lowest BCUT2D eigenvalue weighted by atomic mass is 10.00. The van der Waals surface area contributed by atoms with Gasteiger partial charge >= 0.3 is 0 Å². The number of hydrogen-bond acceptors (Lipinski definition) is 5. The molecule has 2 aromatic carbocycles. The summed E-state index contributed by atoms with van der Waals surface area (Å²) >= 11 is 1.45. The number of nitrogens with zero attached hydrogens (tertiary/aromatic N) is 1. The van der Waals surface area contributed by atoms with Crippen LogP contribution < -0.4 is 10.6 Å². The quantitative estimate of drug-likeness (QED) is 0.535. The fourth-order valence-corrected chi connectivity index (χ4v) is 4.32. The van der Waals surface area contributed by atoms with E-state index in [4.69, 9.17) is 4.74 Å². The van der Waals surface area contributed by atoms with Crippen LogP contribution in [0.15, 0.2) is 53.6 Å². The number of anilines is 1. The van der Waals surface area contributed by atoms with Gasteiger partial charge in [-0.3, -0.25) is 9.59 Å². The van der Waals surface area contributed by atoms with E-state index in [1.165, 1.54) is 11.8 Å². The number of aryl methyl sites for hydroxylation is 1. The van der Waals surface area contributed by atoms with Crippen molar-refractivity contribution in [1.82, 2.24) is 10.3 Å². The minimum atomic E-state index is -0.281. The molecule has 2 N–H and O–H groups in total. The zero-order chi connectivity index (χ0) is 22.5. The number of benzene rings is 2. The van der Waals surface area contributed by atoms with E-state index in [0.29, 0.717) is 23.7 Å². The molecule has 2 amide bonds. The van der Waals surface area contributed by atoms with E-state index < -0.39 is 0 Å². The average Bonchev–Trinajstić information content (AvgIpc) is 2.83. The first-order valence-electron chi connectivity index (χ1n) is 10.8. The Kier molecular flexibility index (Phi) is 7.07. The number of nitrogens with one attached hydrogen (secondary N) is 2. The van der Waals surface area contributed by atoms with Crippen molar-refractivity contribution < 1.29 is 14.3 Å². The van der Waals surface area contributed by atoms with Gasteiger partial charge in [0.1, 0.15) is 0 Å². The largest absolute Gasteiger partial charge is 0.381 e. The summed E-state index contributed by atoms with van der Waals surface area (Å²) in [6.07, 6.45) is 3.77. The van der Waals surface area contributed by atoms with Crippen molar-refractivity contribution >= 4 is 40.0 Å². The Balaban J connectivity index is 1.57. The summed E-state index contributed by atoms with van der Waals surface area (Å²) in [5.41, 5.74) is 2.31. The Hall–Kier alpha value is -2.90. The molecule has 0 atom stereocenters. The third-order valence-electron chi connectivity index (χ3n) is 5.82. The molecule has 4 rings (SSSR count). The van der Waals surface area contributed by atoms with Crippen molar-refractivity contribution in [2.24, 2.45) is 5.92 Å². The van der Waals surface area contributed by atoms with E-state index in [1.807, 2.05) is 55.6 Å². The maximum absolute atomic E-state index is 13.2. The van der Waals surface area contributed by atoms with Gasteiger partial charge < -0.3 is 15.4 Å². The van der Waals surface area contributed by atoms with Gasteiger partial charge in [-0.15, -0.1) is 11.8 Å². The molecule has 1 fully saturated rings. The summed E-state index contributed by atoms with van der Waals surface area (Å²) in [5, 5.41) is 8.54. The van der Waals surface area contributed by atoms with Crippen molar-refractivity contribution in [3.63, 3.8) is 0 Å². The van der Waals surface area contributed by atoms with Crippen LogP contribution >= 0.6 is 11.8 Å². The lowest BCUT2D eigenvalue weighted by molar-refractivity contribution is 0.0642. The second-order valence-corrected chi connectivity index (χ2v) is 8.77. The lowest BCUT2D eigenvalue weighted by Crippen LogP contribution is -2.33. The molecule has 1 saturated heterocycles. The summed E-state index contributed by atoms with van der Waals surface area (Å²) in [4.78, 5) is 30.7. The Morgan fingerprint density at radius 3 is 2.53 bits per heavy atom. The third kappa shape index (κ3) is 4.95. The molecule has 32 heavy (non-hydrogen) atoms. The standard InChI is InChI=1S/C25H27N3O3S/c1-16-7-8-20(19-6-4-3-5-18(16)19)24(29)27-21-9-10-22(32-2)28-23(21)25(30)26-15-17-11-13-31-14-12-17/h3-10,17H,11-15H2,1-2H3,(H,26,30)(H,27,29). The number of amides is 2. The highest BCUT2D eigenvalue weighted by Gasteiger charge is 2.20. The van der Waals surface area contributed by atoms with Gasteiger partial charge in [0.25, 0.3) is 11.8 Å². The van der Waals surface area contributed by atoms with Gasteiger partial charge in [0.05, 0.1) is 10.7 Å². The van der Waals surface area contributed by atoms with E-state index in [2.05, 4.69) is 15.6 Å². The predicted octanol–water partition coefficient (Wildman–Crippen LogP) is 4.67. The molecule has 0 radical (unpaired) electrons. The Labute approximate surface area is 192 Å². The number of carbonyl (C=O) groups excluding carboxylic acids is 2. The van der Waals surface area contributed by atoms with Gasteiger partial charge in [-0.2, -0.15) is 0 Å². The second-order valence-electron chi connectivity index (χ2n) is 7.95. The van der Waals surface area contributed by atoms with Crippen LogP contribution in [0, 0.1) is 12.8 Å². The first kappa shape index (κ1) is 22.3. The molecular weight excluding hydrogens is 422 g/mol. The Morgan fingerprint density at radius 1 is 1.03 bits per heavy atom. The molecule has 0 aliphatic carbocycles. The molecule has 1 aromatic heterocycles. The van der Waals surface area contributed by atoms with Crippen LogP contribution in [0.2, 0.25) is 0 Å². The van der Waals surface area contributed by atoms with E-state index in [0.717, 1.165) is 47.4 Å². The van der Waals surface area contributed by atoms with Crippen molar-refractivity contribution in [1.29, 1.82) is 0 Å². The number of fused-ring (bicyclic) bond motifs is 1. The van der Waals surface area contributed by atoms with Crippen LogP contribution in [-0.2, 0) is 4.74 Å². The van der Waals surface area contributed by atoms with E-state index in [9.17, 15) is 9.59 Å². The molecule has 0 unspecified atom stereocenters. The van der Waals surface area contributed by atoms with Crippen molar-refractivity contribution in [3.05, 3.63) is 65.4 Å². The number of hydrogen-bond donors (Lipinski definition) is 2. The number of rotatable bonds is 6. The molecule has 0 bridgehead atoms. The molecule has 0 spiro atoms. The molecule has 6 nitrogen and oxygen atoms in total. The molecule has 166 valence electrons. The highest BCUT2D eigenvalue weighted by Crippen LogP contribution is 2.25. The van der Waals surface area contributed by atoms with Crippen molar-refractivity contribution in [2.75, 3.05) is 31.3 Å². The van der Waals surface area contributed by atoms with Gasteiger partial charge in [-0.1, -0.05) is 30.3 Å². The summed E-state index contributed by atoms with van der Waals surface area (Å²) in [5.74, 6) is -0.150. The maximum atomic E-state index is 13.2. The highest BCUT2D eigenvalue weighted by molar-refractivity contribution is 7.98. The van der Waals surface area contributed by atoms with Gasteiger partial charge in [0.2, 0.25) is 0 Å². The number of thioether (sulfide) groups is 1. The van der Waals surface area contributed by atoms with Gasteiger partial charge in [0, 0.05) is 25.3 Å². The van der Waals surface area contributed by atoms with Crippen LogP contribution in [-0.4, -0.2) is 42.8 Å². The van der Waals surface area contributed by atoms with Crippen LogP contribution in [0.5, 0.6) is 0 Å².